The van der Waals surface area contributed by atoms with Crippen LogP contribution < -0.4 is 10.6 Å². The third-order valence-corrected chi connectivity index (χ3v) is 2.49. The van der Waals surface area contributed by atoms with Gasteiger partial charge in [0.25, 0.3) is 0 Å². The van der Waals surface area contributed by atoms with Crippen molar-refractivity contribution in [3.63, 3.8) is 0 Å². The Hall–Kier alpha value is -1.82. The summed E-state index contributed by atoms with van der Waals surface area (Å²) < 4.78 is 0. The van der Waals surface area contributed by atoms with Crippen molar-refractivity contribution in [1.82, 2.24) is 10.3 Å². The minimum Gasteiger partial charge on any atom is -0.478 e. The van der Waals surface area contributed by atoms with Gasteiger partial charge in [0, 0.05) is 25.2 Å². The zero-order valence-electron chi connectivity index (χ0n) is 10.7. The van der Waals surface area contributed by atoms with Gasteiger partial charge in [-0.25, -0.2) is 9.78 Å². The molecule has 0 saturated heterocycles. The Kier molecular flexibility index (Phi) is 5.57. The van der Waals surface area contributed by atoms with Crippen LogP contribution in [0.4, 0.5) is 5.82 Å². The van der Waals surface area contributed by atoms with Gasteiger partial charge < -0.3 is 15.7 Å². The summed E-state index contributed by atoms with van der Waals surface area (Å²) in [5.41, 5.74) is -0.0224. The van der Waals surface area contributed by atoms with Crippen LogP contribution >= 0.6 is 11.6 Å². The number of carboxylic acid groups (broad SMARTS) is 1. The van der Waals surface area contributed by atoms with Crippen molar-refractivity contribution < 1.29 is 14.7 Å². The standard InChI is InChI=1S/C12H16ClN3O3/c1-7(2)16-11(17)3-4-14-10-5-8(12(18)19)9(13)6-15-10/h5-7H,3-4H2,1-2H3,(H,14,15)(H,16,17)(H,18,19). The second kappa shape index (κ2) is 6.94. The van der Waals surface area contributed by atoms with E-state index in [0.29, 0.717) is 12.4 Å². The van der Waals surface area contributed by atoms with Gasteiger partial charge in [-0.1, -0.05) is 11.6 Å². The number of hydrogen-bond acceptors (Lipinski definition) is 4. The van der Waals surface area contributed by atoms with Crippen LogP contribution in [-0.4, -0.2) is 34.6 Å². The van der Waals surface area contributed by atoms with E-state index in [9.17, 15) is 9.59 Å². The fourth-order valence-corrected chi connectivity index (χ4v) is 1.58. The number of pyridine rings is 1. The summed E-state index contributed by atoms with van der Waals surface area (Å²) in [5, 5.41) is 14.6. The Morgan fingerprint density at radius 1 is 1.47 bits per heavy atom. The molecule has 0 aromatic carbocycles. The lowest BCUT2D eigenvalue weighted by Crippen LogP contribution is -2.31. The first kappa shape index (κ1) is 15.2. The first-order chi connectivity index (χ1) is 8.90. The van der Waals surface area contributed by atoms with Crippen LogP contribution in [0.15, 0.2) is 12.3 Å². The minimum absolute atomic E-state index is 0.0224. The van der Waals surface area contributed by atoms with Gasteiger partial charge in [0.2, 0.25) is 5.91 Å². The number of anilines is 1. The van der Waals surface area contributed by atoms with Gasteiger partial charge in [-0.2, -0.15) is 0 Å². The van der Waals surface area contributed by atoms with Gasteiger partial charge >= 0.3 is 5.97 Å². The normalized spacial score (nSPS) is 10.3. The van der Waals surface area contributed by atoms with Crippen LogP contribution in [0.1, 0.15) is 30.6 Å². The van der Waals surface area contributed by atoms with Gasteiger partial charge in [0.1, 0.15) is 5.82 Å². The number of rotatable bonds is 6. The molecular weight excluding hydrogens is 270 g/mol. The van der Waals surface area contributed by atoms with Crippen molar-refractivity contribution in [1.29, 1.82) is 0 Å². The van der Waals surface area contributed by atoms with E-state index in [0.717, 1.165) is 0 Å². The molecule has 1 aromatic rings. The molecule has 6 nitrogen and oxygen atoms in total. The van der Waals surface area contributed by atoms with Crippen molar-refractivity contribution >= 4 is 29.3 Å². The Morgan fingerprint density at radius 3 is 2.74 bits per heavy atom. The van der Waals surface area contributed by atoms with E-state index in [2.05, 4.69) is 15.6 Å². The van der Waals surface area contributed by atoms with Crippen molar-refractivity contribution in [2.45, 2.75) is 26.3 Å². The monoisotopic (exact) mass is 285 g/mol. The first-order valence-corrected chi connectivity index (χ1v) is 6.20. The van der Waals surface area contributed by atoms with Crippen LogP contribution in [0.5, 0.6) is 0 Å². The Bertz CT molecular complexity index is 477. The SMILES string of the molecule is CC(C)NC(=O)CCNc1cc(C(=O)O)c(Cl)cn1. The summed E-state index contributed by atoms with van der Waals surface area (Å²) in [6, 6.07) is 1.44. The number of carbonyl (C=O) groups is 2. The molecule has 104 valence electrons. The van der Waals surface area contributed by atoms with E-state index in [1.807, 2.05) is 13.8 Å². The Balaban J connectivity index is 2.52. The average Bonchev–Trinajstić information content (AvgIpc) is 2.30. The molecule has 0 radical (unpaired) electrons. The number of aromatic nitrogens is 1. The molecule has 0 spiro atoms. The molecule has 1 aromatic heterocycles. The lowest BCUT2D eigenvalue weighted by molar-refractivity contribution is -0.121. The van der Waals surface area contributed by atoms with Crippen LogP contribution in [-0.2, 0) is 4.79 Å². The van der Waals surface area contributed by atoms with E-state index < -0.39 is 5.97 Å². The van der Waals surface area contributed by atoms with Crippen LogP contribution in [0, 0.1) is 0 Å². The van der Waals surface area contributed by atoms with Crippen LogP contribution in [0.25, 0.3) is 0 Å². The van der Waals surface area contributed by atoms with E-state index in [-0.39, 0.29) is 29.0 Å². The maximum atomic E-state index is 11.4. The van der Waals surface area contributed by atoms with Gasteiger partial charge in [-0.15, -0.1) is 0 Å². The quantitative estimate of drug-likeness (QED) is 0.741. The van der Waals surface area contributed by atoms with E-state index in [4.69, 9.17) is 16.7 Å². The highest BCUT2D eigenvalue weighted by atomic mass is 35.5. The van der Waals surface area contributed by atoms with E-state index in [1.165, 1.54) is 12.3 Å². The molecule has 0 aliphatic heterocycles. The number of nitrogens with zero attached hydrogens (tertiary/aromatic N) is 1. The molecule has 1 heterocycles. The molecule has 0 aliphatic carbocycles. The van der Waals surface area contributed by atoms with Crippen molar-refractivity contribution in [3.8, 4) is 0 Å². The average molecular weight is 286 g/mol. The van der Waals surface area contributed by atoms with Crippen molar-refractivity contribution in [3.05, 3.63) is 22.8 Å². The summed E-state index contributed by atoms with van der Waals surface area (Å²) >= 11 is 5.70. The zero-order valence-corrected chi connectivity index (χ0v) is 11.5. The lowest BCUT2D eigenvalue weighted by atomic mass is 10.2. The highest BCUT2D eigenvalue weighted by Crippen LogP contribution is 2.17. The molecule has 0 aliphatic rings. The van der Waals surface area contributed by atoms with Gasteiger partial charge in [-0.05, 0) is 19.9 Å². The predicted octanol–water partition coefficient (Wildman–Crippen LogP) is 1.76. The number of carboxylic acids is 1. The summed E-state index contributed by atoms with van der Waals surface area (Å²) in [6.45, 7) is 4.13. The third-order valence-electron chi connectivity index (χ3n) is 2.19. The fourth-order valence-electron chi connectivity index (χ4n) is 1.40. The summed E-state index contributed by atoms with van der Waals surface area (Å²) in [5.74, 6) is -0.818. The molecule has 7 heteroatoms. The predicted molar refractivity (Wildman–Crippen MR) is 72.6 cm³/mol. The minimum atomic E-state index is -1.12. The molecule has 0 atom stereocenters. The van der Waals surface area contributed by atoms with Crippen LogP contribution in [0.3, 0.4) is 0 Å². The highest BCUT2D eigenvalue weighted by Gasteiger charge is 2.10. The number of hydrogen-bond donors (Lipinski definition) is 3. The van der Waals surface area contributed by atoms with Crippen molar-refractivity contribution in [2.75, 3.05) is 11.9 Å². The molecule has 0 saturated carbocycles. The topological polar surface area (TPSA) is 91.3 Å². The molecule has 0 bridgehead atoms. The number of amides is 1. The molecular formula is C12H16ClN3O3. The molecule has 19 heavy (non-hydrogen) atoms. The maximum absolute atomic E-state index is 11.4. The first-order valence-electron chi connectivity index (χ1n) is 5.82. The second-order valence-corrected chi connectivity index (χ2v) is 4.66. The number of nitrogens with one attached hydrogen (secondary N) is 2. The second-order valence-electron chi connectivity index (χ2n) is 4.25. The maximum Gasteiger partial charge on any atom is 0.337 e. The van der Waals surface area contributed by atoms with E-state index >= 15 is 0 Å². The molecule has 1 amide bonds. The van der Waals surface area contributed by atoms with E-state index in [1.54, 1.807) is 0 Å². The zero-order chi connectivity index (χ0) is 14.4. The highest BCUT2D eigenvalue weighted by molar-refractivity contribution is 6.33. The summed E-state index contributed by atoms with van der Waals surface area (Å²) in [6.07, 6.45) is 1.55. The van der Waals surface area contributed by atoms with Gasteiger partial charge in [0.05, 0.1) is 10.6 Å². The Morgan fingerprint density at radius 2 is 2.16 bits per heavy atom. The fraction of sp³-hybridized carbons (Fsp3) is 0.417. The molecule has 1 rings (SSSR count). The van der Waals surface area contributed by atoms with Crippen molar-refractivity contribution in [2.24, 2.45) is 0 Å². The van der Waals surface area contributed by atoms with Gasteiger partial charge in [0.15, 0.2) is 0 Å². The summed E-state index contributed by atoms with van der Waals surface area (Å²) in [4.78, 5) is 26.2. The lowest BCUT2D eigenvalue weighted by Gasteiger charge is -2.09. The molecule has 0 fully saturated rings. The number of aromatic carboxylic acids is 1. The Labute approximate surface area is 116 Å². The summed E-state index contributed by atoms with van der Waals surface area (Å²) in [7, 11) is 0. The number of halogens is 1. The molecule has 3 N–H and O–H groups in total. The van der Waals surface area contributed by atoms with Gasteiger partial charge in [-0.3, -0.25) is 4.79 Å². The largest absolute Gasteiger partial charge is 0.478 e. The number of carbonyl (C=O) groups excluding carboxylic acids is 1. The third kappa shape index (κ3) is 5.13. The van der Waals surface area contributed by atoms with Crippen LogP contribution in [0.2, 0.25) is 5.02 Å². The smallest absolute Gasteiger partial charge is 0.337 e. The molecule has 0 unspecified atom stereocenters.